The van der Waals surface area contributed by atoms with Crippen molar-refractivity contribution in [3.8, 4) is 28.5 Å². The molecule has 0 spiro atoms. The predicted molar refractivity (Wildman–Crippen MR) is 129 cm³/mol. The number of rotatable bonds is 8. The SMILES string of the molecule is COc1cc([C@H]2c3c(-c4ccccc4O)n[nH]c3C(=O)N2CCO)ccc1OCc1ccccc1. The Hall–Kier alpha value is -4.30. The van der Waals surface area contributed by atoms with Crippen LogP contribution < -0.4 is 9.47 Å². The maximum Gasteiger partial charge on any atom is 0.273 e. The number of amides is 1. The van der Waals surface area contributed by atoms with Crippen molar-refractivity contribution in [1.82, 2.24) is 15.1 Å². The van der Waals surface area contributed by atoms with Crippen LogP contribution in [0.1, 0.15) is 33.2 Å². The lowest BCUT2D eigenvalue weighted by atomic mass is 9.95. The van der Waals surface area contributed by atoms with Gasteiger partial charge in [0.1, 0.15) is 23.7 Å². The van der Waals surface area contributed by atoms with Crippen LogP contribution in [-0.2, 0) is 6.61 Å². The molecule has 3 aromatic carbocycles. The number of phenolic OH excluding ortho intramolecular Hbond substituents is 1. The van der Waals surface area contributed by atoms with Gasteiger partial charge in [-0.25, -0.2) is 0 Å². The van der Waals surface area contributed by atoms with Crippen molar-refractivity contribution in [3.63, 3.8) is 0 Å². The maximum atomic E-state index is 13.2. The number of nitrogens with zero attached hydrogens (tertiary/aromatic N) is 2. The highest BCUT2D eigenvalue weighted by atomic mass is 16.5. The van der Waals surface area contributed by atoms with Crippen molar-refractivity contribution >= 4 is 5.91 Å². The van der Waals surface area contributed by atoms with E-state index in [0.29, 0.717) is 40.6 Å². The van der Waals surface area contributed by atoms with Gasteiger partial charge >= 0.3 is 0 Å². The van der Waals surface area contributed by atoms with E-state index in [1.165, 1.54) is 0 Å². The molecule has 35 heavy (non-hydrogen) atoms. The van der Waals surface area contributed by atoms with Crippen molar-refractivity contribution < 1.29 is 24.5 Å². The van der Waals surface area contributed by atoms with Gasteiger partial charge in [0.15, 0.2) is 11.5 Å². The van der Waals surface area contributed by atoms with Crippen LogP contribution in [0.25, 0.3) is 11.3 Å². The molecule has 2 heterocycles. The van der Waals surface area contributed by atoms with Crippen molar-refractivity contribution in [3.05, 3.63) is 95.2 Å². The molecule has 4 aromatic rings. The summed E-state index contributed by atoms with van der Waals surface area (Å²) >= 11 is 0. The van der Waals surface area contributed by atoms with E-state index >= 15 is 0 Å². The van der Waals surface area contributed by atoms with Gasteiger partial charge < -0.3 is 24.6 Å². The summed E-state index contributed by atoms with van der Waals surface area (Å²) in [7, 11) is 1.57. The number of methoxy groups -OCH3 is 1. The zero-order valence-corrected chi connectivity index (χ0v) is 19.1. The average Bonchev–Trinajstić information content (AvgIpc) is 3.43. The number of phenols is 1. The molecule has 1 atom stereocenters. The molecule has 0 fully saturated rings. The molecular formula is C27H25N3O5. The van der Waals surface area contributed by atoms with Crippen molar-refractivity contribution in [2.75, 3.05) is 20.3 Å². The number of H-pyrrole nitrogens is 1. The Morgan fingerprint density at radius 3 is 2.54 bits per heavy atom. The van der Waals surface area contributed by atoms with Gasteiger partial charge in [0, 0.05) is 17.7 Å². The number of fused-ring (bicyclic) bond motifs is 1. The summed E-state index contributed by atoms with van der Waals surface area (Å²) in [4.78, 5) is 14.8. The highest BCUT2D eigenvalue weighted by Gasteiger charge is 2.42. The van der Waals surface area contributed by atoms with Gasteiger partial charge in [0.25, 0.3) is 5.91 Å². The summed E-state index contributed by atoms with van der Waals surface area (Å²) in [5, 5.41) is 27.3. The third kappa shape index (κ3) is 4.08. The van der Waals surface area contributed by atoms with Crippen LogP contribution >= 0.6 is 0 Å². The molecule has 1 aromatic heterocycles. The summed E-state index contributed by atoms with van der Waals surface area (Å²) < 4.78 is 11.6. The highest BCUT2D eigenvalue weighted by Crippen LogP contribution is 2.45. The largest absolute Gasteiger partial charge is 0.507 e. The minimum atomic E-state index is -0.532. The molecule has 0 bridgehead atoms. The van der Waals surface area contributed by atoms with Gasteiger partial charge in [-0.05, 0) is 35.4 Å². The number of nitrogens with one attached hydrogen (secondary N) is 1. The molecule has 0 aliphatic carbocycles. The number of hydrogen-bond donors (Lipinski definition) is 3. The van der Waals surface area contributed by atoms with E-state index in [2.05, 4.69) is 10.2 Å². The summed E-state index contributed by atoms with van der Waals surface area (Å²) in [6.07, 6.45) is 0. The first-order valence-corrected chi connectivity index (χ1v) is 11.3. The average molecular weight is 472 g/mol. The van der Waals surface area contributed by atoms with Crippen LogP contribution in [-0.4, -0.2) is 51.5 Å². The van der Waals surface area contributed by atoms with Crippen LogP contribution in [0.4, 0.5) is 0 Å². The fourth-order valence-corrected chi connectivity index (χ4v) is 4.47. The zero-order valence-electron chi connectivity index (χ0n) is 19.1. The Bertz CT molecular complexity index is 1350. The van der Waals surface area contributed by atoms with Crippen LogP contribution in [0.5, 0.6) is 17.2 Å². The Kier molecular flexibility index (Phi) is 6.12. The van der Waals surface area contributed by atoms with Crippen molar-refractivity contribution in [1.29, 1.82) is 0 Å². The Morgan fingerprint density at radius 1 is 1.03 bits per heavy atom. The van der Waals surface area contributed by atoms with Crippen molar-refractivity contribution in [2.24, 2.45) is 0 Å². The van der Waals surface area contributed by atoms with Crippen LogP contribution in [0, 0.1) is 0 Å². The number of aromatic amines is 1. The molecule has 5 rings (SSSR count). The topological polar surface area (TPSA) is 108 Å². The molecule has 0 saturated heterocycles. The van der Waals surface area contributed by atoms with Gasteiger partial charge in [0.05, 0.1) is 19.8 Å². The number of benzene rings is 3. The normalized spacial score (nSPS) is 14.7. The number of carbonyl (C=O) groups excluding carboxylic acids is 1. The highest BCUT2D eigenvalue weighted by molar-refractivity contribution is 6.00. The standard InChI is InChI=1S/C27H25N3O5/c1-34-22-15-18(11-12-21(22)35-16-17-7-3-2-4-8-17)26-23-24(19-9-5-6-10-20(19)32)28-29-25(23)27(33)30(26)13-14-31/h2-12,15,26,31-32H,13-14,16H2,1H3,(H,28,29)/t26-/m0/s1. The molecule has 3 N–H and O–H groups in total. The van der Waals surface area contributed by atoms with Gasteiger partial charge in [-0.2, -0.15) is 5.10 Å². The molecule has 1 aliphatic rings. The zero-order chi connectivity index (χ0) is 24.4. The molecule has 1 aliphatic heterocycles. The smallest absolute Gasteiger partial charge is 0.273 e. The Morgan fingerprint density at radius 2 is 1.80 bits per heavy atom. The van der Waals surface area contributed by atoms with Crippen LogP contribution in [0.2, 0.25) is 0 Å². The monoisotopic (exact) mass is 471 g/mol. The lowest BCUT2D eigenvalue weighted by Gasteiger charge is -2.26. The Labute approximate surface area is 202 Å². The Balaban J connectivity index is 1.55. The quantitative estimate of drug-likeness (QED) is 0.360. The number of aromatic nitrogens is 2. The van der Waals surface area contributed by atoms with E-state index in [4.69, 9.17) is 9.47 Å². The first-order chi connectivity index (χ1) is 17.1. The maximum absolute atomic E-state index is 13.2. The number of aromatic hydroxyl groups is 1. The fourth-order valence-electron chi connectivity index (χ4n) is 4.47. The van der Waals surface area contributed by atoms with Gasteiger partial charge in [-0.3, -0.25) is 9.89 Å². The van der Waals surface area contributed by atoms with Gasteiger partial charge in [-0.15, -0.1) is 0 Å². The first kappa shape index (κ1) is 22.5. The molecule has 0 unspecified atom stereocenters. The second-order valence-corrected chi connectivity index (χ2v) is 8.19. The summed E-state index contributed by atoms with van der Waals surface area (Å²) in [5.41, 5.74) is 3.79. The summed E-state index contributed by atoms with van der Waals surface area (Å²) in [5.74, 6) is 0.898. The molecule has 8 nitrogen and oxygen atoms in total. The predicted octanol–water partition coefficient (Wildman–Crippen LogP) is 3.91. The van der Waals surface area contributed by atoms with Gasteiger partial charge in [0.2, 0.25) is 0 Å². The number of para-hydroxylation sites is 1. The molecule has 0 radical (unpaired) electrons. The third-order valence-electron chi connectivity index (χ3n) is 6.10. The second-order valence-electron chi connectivity index (χ2n) is 8.19. The number of hydrogen-bond acceptors (Lipinski definition) is 6. The molecular weight excluding hydrogens is 446 g/mol. The molecule has 1 amide bonds. The third-order valence-corrected chi connectivity index (χ3v) is 6.10. The van der Waals surface area contributed by atoms with Crippen molar-refractivity contribution in [2.45, 2.75) is 12.6 Å². The molecule has 8 heteroatoms. The first-order valence-electron chi connectivity index (χ1n) is 11.3. The van der Waals surface area contributed by atoms with E-state index in [-0.39, 0.29) is 24.8 Å². The number of carbonyl (C=O) groups is 1. The van der Waals surface area contributed by atoms with E-state index in [0.717, 1.165) is 11.1 Å². The van der Waals surface area contributed by atoms with Gasteiger partial charge in [-0.1, -0.05) is 48.5 Å². The van der Waals surface area contributed by atoms with Crippen LogP contribution in [0.15, 0.2) is 72.8 Å². The number of aliphatic hydroxyl groups excluding tert-OH is 1. The number of aliphatic hydroxyl groups is 1. The van der Waals surface area contributed by atoms with E-state index in [1.807, 2.05) is 48.5 Å². The number of β-amino-alcohol motifs (C(OH)–C–C–N with tert-alkyl or cyclic N) is 1. The summed E-state index contributed by atoms with van der Waals surface area (Å²) in [6, 6.07) is 21.7. The number of ether oxygens (including phenoxy) is 2. The van der Waals surface area contributed by atoms with Crippen LogP contribution in [0.3, 0.4) is 0 Å². The lowest BCUT2D eigenvalue weighted by Crippen LogP contribution is -2.32. The van der Waals surface area contributed by atoms with E-state index in [9.17, 15) is 15.0 Å². The second kappa shape index (κ2) is 9.52. The summed E-state index contributed by atoms with van der Waals surface area (Å²) in [6.45, 7) is 0.334. The molecule has 178 valence electrons. The lowest BCUT2D eigenvalue weighted by molar-refractivity contribution is 0.0706. The fraction of sp³-hybridized carbons (Fsp3) is 0.185. The minimum Gasteiger partial charge on any atom is -0.507 e. The van der Waals surface area contributed by atoms with E-state index < -0.39 is 6.04 Å². The molecule has 0 saturated carbocycles. The minimum absolute atomic E-state index is 0.0656. The van der Waals surface area contributed by atoms with E-state index in [1.54, 1.807) is 36.3 Å².